The molecule has 2 heterocycles. The van der Waals surface area contributed by atoms with Crippen LogP contribution in [0.15, 0.2) is 36.5 Å². The lowest BCUT2D eigenvalue weighted by atomic mass is 10.2. The fourth-order valence-electron chi connectivity index (χ4n) is 3.42. The summed E-state index contributed by atoms with van der Waals surface area (Å²) >= 11 is 0. The highest BCUT2D eigenvalue weighted by Gasteiger charge is 2.15. The van der Waals surface area contributed by atoms with Gasteiger partial charge >= 0.3 is 0 Å². The summed E-state index contributed by atoms with van der Waals surface area (Å²) in [6.07, 6.45) is 7.27. The van der Waals surface area contributed by atoms with Crippen molar-refractivity contribution < 1.29 is 9.59 Å². The predicted molar refractivity (Wildman–Crippen MR) is 99.2 cm³/mol. The molecule has 2 aromatic rings. The Balaban J connectivity index is 1.36. The summed E-state index contributed by atoms with van der Waals surface area (Å²) in [5.74, 6) is 0.336. The standard InChI is InChI=1S/C20H27N3O2/c24-19(11-16-22-15-10-17-7-3-4-8-18(17)22)21-12-6-14-23-13-5-1-2-9-20(23)25/h3-4,7-8,10,15H,1-2,5-6,9,11-14,16H2,(H,21,24). The van der Waals surface area contributed by atoms with E-state index in [1.54, 1.807) is 0 Å². The molecule has 1 aromatic carbocycles. The second-order valence-electron chi connectivity index (χ2n) is 6.71. The van der Waals surface area contributed by atoms with Crippen molar-refractivity contribution in [1.82, 2.24) is 14.8 Å². The predicted octanol–water partition coefficient (Wildman–Crippen LogP) is 2.94. The molecule has 1 aliphatic heterocycles. The Morgan fingerprint density at radius 1 is 1.08 bits per heavy atom. The Bertz CT molecular complexity index is 723. The van der Waals surface area contributed by atoms with Gasteiger partial charge in [-0.15, -0.1) is 0 Å². The van der Waals surface area contributed by atoms with Crippen LogP contribution in [0.4, 0.5) is 0 Å². The molecule has 0 bridgehead atoms. The first-order valence-electron chi connectivity index (χ1n) is 9.32. The van der Waals surface area contributed by atoms with Crippen LogP contribution >= 0.6 is 0 Å². The zero-order valence-corrected chi connectivity index (χ0v) is 14.7. The number of para-hydroxylation sites is 1. The summed E-state index contributed by atoms with van der Waals surface area (Å²) < 4.78 is 2.12. The van der Waals surface area contributed by atoms with Crippen molar-refractivity contribution in [2.24, 2.45) is 0 Å². The van der Waals surface area contributed by atoms with E-state index in [9.17, 15) is 9.59 Å². The van der Waals surface area contributed by atoms with Gasteiger partial charge in [0.05, 0.1) is 0 Å². The first-order chi connectivity index (χ1) is 12.2. The quantitative estimate of drug-likeness (QED) is 0.787. The van der Waals surface area contributed by atoms with E-state index >= 15 is 0 Å². The largest absolute Gasteiger partial charge is 0.356 e. The van der Waals surface area contributed by atoms with Crippen LogP contribution in [0.25, 0.3) is 10.9 Å². The number of rotatable bonds is 7. The molecule has 5 heteroatoms. The molecule has 0 radical (unpaired) electrons. The number of aromatic nitrogens is 1. The number of carbonyl (C=O) groups is 2. The van der Waals surface area contributed by atoms with Crippen molar-refractivity contribution in [3.8, 4) is 0 Å². The molecular formula is C20H27N3O2. The van der Waals surface area contributed by atoms with Crippen molar-refractivity contribution >= 4 is 22.7 Å². The summed E-state index contributed by atoms with van der Waals surface area (Å²) in [4.78, 5) is 25.9. The Hall–Kier alpha value is -2.30. The second-order valence-corrected chi connectivity index (χ2v) is 6.71. The Morgan fingerprint density at radius 3 is 2.88 bits per heavy atom. The minimum absolute atomic E-state index is 0.0694. The number of benzene rings is 1. The lowest BCUT2D eigenvalue weighted by molar-refractivity contribution is -0.130. The topological polar surface area (TPSA) is 54.3 Å². The number of fused-ring (bicyclic) bond motifs is 1. The van der Waals surface area contributed by atoms with Crippen LogP contribution in [0.3, 0.4) is 0 Å². The van der Waals surface area contributed by atoms with Crippen molar-refractivity contribution in [2.75, 3.05) is 19.6 Å². The molecule has 134 valence electrons. The summed E-state index contributed by atoms with van der Waals surface area (Å²) in [6.45, 7) is 2.94. The van der Waals surface area contributed by atoms with E-state index in [1.165, 1.54) is 5.39 Å². The number of carbonyl (C=O) groups excluding carboxylic acids is 2. The molecule has 1 aromatic heterocycles. The van der Waals surface area contributed by atoms with E-state index in [-0.39, 0.29) is 11.8 Å². The van der Waals surface area contributed by atoms with Crippen LogP contribution in [0.5, 0.6) is 0 Å². The van der Waals surface area contributed by atoms with Crippen molar-refractivity contribution in [3.63, 3.8) is 0 Å². The third-order valence-corrected chi connectivity index (χ3v) is 4.86. The molecule has 0 spiro atoms. The Labute approximate surface area is 149 Å². The highest BCUT2D eigenvalue weighted by Crippen LogP contribution is 2.15. The minimum Gasteiger partial charge on any atom is -0.356 e. The van der Waals surface area contributed by atoms with Crippen LogP contribution < -0.4 is 5.32 Å². The zero-order chi connectivity index (χ0) is 17.5. The number of aryl methyl sites for hydroxylation is 1. The van der Waals surface area contributed by atoms with Gasteiger partial charge in [0.25, 0.3) is 0 Å². The molecule has 5 nitrogen and oxygen atoms in total. The average molecular weight is 341 g/mol. The van der Waals surface area contributed by atoms with E-state index in [2.05, 4.69) is 28.1 Å². The van der Waals surface area contributed by atoms with Gasteiger partial charge in [-0.2, -0.15) is 0 Å². The van der Waals surface area contributed by atoms with Crippen molar-refractivity contribution in [2.45, 2.75) is 45.1 Å². The highest BCUT2D eigenvalue weighted by atomic mass is 16.2. The van der Waals surface area contributed by atoms with Crippen LogP contribution in [-0.2, 0) is 16.1 Å². The lowest BCUT2D eigenvalue weighted by Crippen LogP contribution is -2.34. The Kier molecular flexibility index (Phi) is 6.09. The summed E-state index contributed by atoms with van der Waals surface area (Å²) in [6, 6.07) is 10.3. The maximum Gasteiger partial charge on any atom is 0.222 e. The molecular weight excluding hydrogens is 314 g/mol. The first kappa shape index (κ1) is 17.5. The van der Waals surface area contributed by atoms with E-state index in [0.717, 1.165) is 44.3 Å². The molecule has 1 aliphatic rings. The van der Waals surface area contributed by atoms with Gasteiger partial charge in [0.1, 0.15) is 0 Å². The van der Waals surface area contributed by atoms with Gasteiger partial charge in [-0.05, 0) is 36.8 Å². The van der Waals surface area contributed by atoms with E-state index in [4.69, 9.17) is 0 Å². The monoisotopic (exact) mass is 341 g/mol. The number of amides is 2. The number of hydrogen-bond donors (Lipinski definition) is 1. The van der Waals surface area contributed by atoms with Crippen LogP contribution in [0.1, 0.15) is 38.5 Å². The smallest absolute Gasteiger partial charge is 0.222 e. The lowest BCUT2D eigenvalue weighted by Gasteiger charge is -2.20. The second kappa shape index (κ2) is 8.70. The molecule has 2 amide bonds. The van der Waals surface area contributed by atoms with Crippen molar-refractivity contribution in [3.05, 3.63) is 36.5 Å². The average Bonchev–Trinajstić information content (AvgIpc) is 2.93. The van der Waals surface area contributed by atoms with Gasteiger partial charge in [0.2, 0.25) is 11.8 Å². The number of likely N-dealkylation sites (tertiary alicyclic amines) is 1. The summed E-state index contributed by atoms with van der Waals surface area (Å²) in [5.41, 5.74) is 1.16. The Morgan fingerprint density at radius 2 is 1.96 bits per heavy atom. The van der Waals surface area contributed by atoms with Gasteiger partial charge in [-0.25, -0.2) is 0 Å². The van der Waals surface area contributed by atoms with Gasteiger partial charge in [0, 0.05) is 50.7 Å². The highest BCUT2D eigenvalue weighted by molar-refractivity contribution is 5.80. The molecule has 1 saturated heterocycles. The fraction of sp³-hybridized carbons (Fsp3) is 0.500. The van der Waals surface area contributed by atoms with Crippen LogP contribution in [0, 0.1) is 0 Å². The van der Waals surface area contributed by atoms with Gasteiger partial charge in [-0.1, -0.05) is 24.6 Å². The van der Waals surface area contributed by atoms with Gasteiger partial charge < -0.3 is 14.8 Å². The van der Waals surface area contributed by atoms with Gasteiger partial charge in [-0.3, -0.25) is 9.59 Å². The molecule has 1 fully saturated rings. The SMILES string of the molecule is O=C(CCn1ccc2ccccc21)NCCCN1CCCCCC1=O. The van der Waals surface area contributed by atoms with Gasteiger partial charge in [0.15, 0.2) is 0 Å². The molecule has 0 saturated carbocycles. The molecule has 3 rings (SSSR count). The molecule has 0 aliphatic carbocycles. The maximum absolute atomic E-state index is 12.0. The fourth-order valence-corrected chi connectivity index (χ4v) is 3.42. The van der Waals surface area contributed by atoms with E-state index in [1.807, 2.05) is 23.2 Å². The number of hydrogen-bond acceptors (Lipinski definition) is 2. The maximum atomic E-state index is 12.0. The van der Waals surface area contributed by atoms with E-state index < -0.39 is 0 Å². The number of nitrogens with one attached hydrogen (secondary N) is 1. The van der Waals surface area contributed by atoms with Crippen LogP contribution in [0.2, 0.25) is 0 Å². The molecule has 0 atom stereocenters. The third-order valence-electron chi connectivity index (χ3n) is 4.86. The normalized spacial score (nSPS) is 15.4. The zero-order valence-electron chi connectivity index (χ0n) is 14.7. The number of nitrogens with zero attached hydrogens (tertiary/aromatic N) is 2. The summed E-state index contributed by atoms with van der Waals surface area (Å²) in [7, 11) is 0. The summed E-state index contributed by atoms with van der Waals surface area (Å²) in [5, 5.41) is 4.17. The minimum atomic E-state index is 0.0694. The third kappa shape index (κ3) is 4.84. The molecule has 0 unspecified atom stereocenters. The van der Waals surface area contributed by atoms with Crippen LogP contribution in [-0.4, -0.2) is 40.9 Å². The van der Waals surface area contributed by atoms with E-state index in [0.29, 0.717) is 25.9 Å². The molecule has 1 N–H and O–H groups in total. The molecule has 25 heavy (non-hydrogen) atoms. The first-order valence-corrected chi connectivity index (χ1v) is 9.32. The van der Waals surface area contributed by atoms with Crippen molar-refractivity contribution in [1.29, 1.82) is 0 Å².